The van der Waals surface area contributed by atoms with E-state index >= 15 is 0 Å². The van der Waals surface area contributed by atoms with E-state index in [1.165, 1.54) is 7.05 Å². The fourth-order valence-electron chi connectivity index (χ4n) is 0.323. The Morgan fingerprint density at radius 2 is 2.25 bits per heavy atom. The summed E-state index contributed by atoms with van der Waals surface area (Å²) in [6, 6.07) is 0. The van der Waals surface area contributed by atoms with Gasteiger partial charge in [-0.25, -0.2) is 0 Å². The molecular weight excluding hydrogens is 106 g/mol. The minimum absolute atomic E-state index is 0. The maximum Gasteiger partial charge on any atom is 0.0825 e. The standard InChI is InChI=1S/C3H6N2.CH5N.H2O/c1-2-5-3-4-1;1-2;/h3H,1-2H2,(H,4,5);2H2,1H3;1H2. The van der Waals surface area contributed by atoms with Crippen molar-refractivity contribution in [2.75, 3.05) is 20.1 Å². The first-order valence-corrected chi connectivity index (χ1v) is 2.29. The molecule has 50 valence electrons. The number of rotatable bonds is 0. The van der Waals surface area contributed by atoms with Gasteiger partial charge in [-0.2, -0.15) is 0 Å². The Bertz CT molecular complexity index is 49.2. The lowest BCUT2D eigenvalue weighted by atomic mass is 10.7. The van der Waals surface area contributed by atoms with Gasteiger partial charge in [-0.15, -0.1) is 0 Å². The van der Waals surface area contributed by atoms with Crippen molar-refractivity contribution in [3.8, 4) is 0 Å². The Labute approximate surface area is 49.1 Å². The van der Waals surface area contributed by atoms with Crippen LogP contribution in [-0.2, 0) is 0 Å². The van der Waals surface area contributed by atoms with E-state index in [-0.39, 0.29) is 5.48 Å². The molecule has 1 aliphatic rings. The normalized spacial score (nSPS) is 12.8. The molecule has 0 radical (unpaired) electrons. The van der Waals surface area contributed by atoms with Crippen LogP contribution < -0.4 is 11.1 Å². The van der Waals surface area contributed by atoms with Crippen LogP contribution in [0.2, 0.25) is 0 Å². The number of nitrogens with one attached hydrogen (secondary N) is 1. The lowest BCUT2D eigenvalue weighted by Crippen LogP contribution is -2.04. The fourth-order valence-corrected chi connectivity index (χ4v) is 0.323. The summed E-state index contributed by atoms with van der Waals surface area (Å²) in [6.07, 6.45) is 1.74. The second-order valence-corrected chi connectivity index (χ2v) is 0.989. The van der Waals surface area contributed by atoms with Crippen molar-refractivity contribution in [3.05, 3.63) is 0 Å². The van der Waals surface area contributed by atoms with Gasteiger partial charge in [-0.05, 0) is 7.05 Å². The van der Waals surface area contributed by atoms with E-state index in [1.54, 1.807) is 6.34 Å². The summed E-state index contributed by atoms with van der Waals surface area (Å²) in [7, 11) is 1.50. The summed E-state index contributed by atoms with van der Waals surface area (Å²) in [4.78, 5) is 3.85. The van der Waals surface area contributed by atoms with Gasteiger partial charge in [0.05, 0.1) is 12.9 Å². The summed E-state index contributed by atoms with van der Waals surface area (Å²) in [5.74, 6) is 0. The maximum absolute atomic E-state index is 4.50. The second-order valence-electron chi connectivity index (χ2n) is 0.989. The summed E-state index contributed by atoms with van der Waals surface area (Å²) >= 11 is 0. The van der Waals surface area contributed by atoms with Gasteiger partial charge in [0.15, 0.2) is 0 Å². The Hall–Kier alpha value is -0.610. The van der Waals surface area contributed by atoms with Gasteiger partial charge in [-0.3, -0.25) is 4.99 Å². The third-order valence-electron chi connectivity index (χ3n) is 0.568. The Morgan fingerprint density at radius 3 is 2.38 bits per heavy atom. The summed E-state index contributed by atoms with van der Waals surface area (Å²) < 4.78 is 0. The van der Waals surface area contributed by atoms with Gasteiger partial charge in [0.25, 0.3) is 0 Å². The van der Waals surface area contributed by atoms with E-state index in [0.717, 1.165) is 13.1 Å². The molecule has 5 N–H and O–H groups in total. The molecule has 0 aliphatic carbocycles. The summed E-state index contributed by atoms with van der Waals surface area (Å²) in [5.41, 5.74) is 4.50. The number of hydrogen-bond donors (Lipinski definition) is 2. The molecule has 4 nitrogen and oxygen atoms in total. The summed E-state index contributed by atoms with van der Waals surface area (Å²) in [6.45, 7) is 1.99. The number of nitrogens with zero attached hydrogens (tertiary/aromatic N) is 1. The molecule has 8 heavy (non-hydrogen) atoms. The average Bonchev–Trinajstić information content (AvgIpc) is 2.23. The van der Waals surface area contributed by atoms with Gasteiger partial charge in [0.2, 0.25) is 0 Å². The highest BCUT2D eigenvalue weighted by Gasteiger charge is 1.82. The third kappa shape index (κ3) is 5.39. The predicted octanol–water partition coefficient (Wildman–Crippen LogP) is -1.63. The Morgan fingerprint density at radius 1 is 1.62 bits per heavy atom. The second kappa shape index (κ2) is 9.63. The van der Waals surface area contributed by atoms with Crippen LogP contribution in [0, 0.1) is 0 Å². The molecule has 0 aromatic carbocycles. The SMILES string of the molecule is C1=NCCN1.CN.O. The van der Waals surface area contributed by atoms with Crippen LogP contribution in [0.4, 0.5) is 0 Å². The lowest BCUT2D eigenvalue weighted by molar-refractivity contribution is 0.824. The van der Waals surface area contributed by atoms with Crippen molar-refractivity contribution < 1.29 is 5.48 Å². The van der Waals surface area contributed by atoms with Crippen molar-refractivity contribution >= 4 is 6.34 Å². The lowest BCUT2D eigenvalue weighted by Gasteiger charge is -1.75. The molecule has 0 bridgehead atoms. The highest BCUT2D eigenvalue weighted by Crippen LogP contribution is 1.68. The monoisotopic (exact) mass is 119 g/mol. The molecule has 1 heterocycles. The highest BCUT2D eigenvalue weighted by atomic mass is 16.0. The van der Waals surface area contributed by atoms with Crippen molar-refractivity contribution in [1.29, 1.82) is 0 Å². The molecule has 0 spiro atoms. The number of aliphatic imine (C=N–C) groups is 1. The molecule has 0 aromatic heterocycles. The molecular formula is C4H13N3O. The largest absolute Gasteiger partial charge is 0.412 e. The van der Waals surface area contributed by atoms with E-state index in [2.05, 4.69) is 16.0 Å². The molecule has 0 atom stereocenters. The highest BCUT2D eigenvalue weighted by molar-refractivity contribution is 5.56. The maximum atomic E-state index is 4.50. The van der Waals surface area contributed by atoms with E-state index < -0.39 is 0 Å². The predicted molar refractivity (Wildman–Crippen MR) is 35.1 cm³/mol. The van der Waals surface area contributed by atoms with Crippen LogP contribution in [0.5, 0.6) is 0 Å². The summed E-state index contributed by atoms with van der Waals surface area (Å²) in [5, 5.41) is 2.93. The van der Waals surface area contributed by atoms with E-state index in [4.69, 9.17) is 0 Å². The smallest absolute Gasteiger partial charge is 0.0825 e. The third-order valence-corrected chi connectivity index (χ3v) is 0.568. The van der Waals surface area contributed by atoms with Gasteiger partial charge < -0.3 is 16.5 Å². The van der Waals surface area contributed by atoms with Crippen LogP contribution in [0.3, 0.4) is 0 Å². The van der Waals surface area contributed by atoms with Crippen molar-refractivity contribution in [2.45, 2.75) is 0 Å². The van der Waals surface area contributed by atoms with Gasteiger partial charge in [-0.1, -0.05) is 0 Å². The topological polar surface area (TPSA) is 81.9 Å². The van der Waals surface area contributed by atoms with Crippen molar-refractivity contribution in [2.24, 2.45) is 10.7 Å². The molecule has 0 aromatic rings. The van der Waals surface area contributed by atoms with Crippen LogP contribution >= 0.6 is 0 Å². The van der Waals surface area contributed by atoms with E-state index in [1.807, 2.05) is 0 Å². The first-order valence-electron chi connectivity index (χ1n) is 2.29. The molecule has 0 fully saturated rings. The average molecular weight is 119 g/mol. The zero-order valence-corrected chi connectivity index (χ0v) is 5.02. The van der Waals surface area contributed by atoms with Crippen LogP contribution in [-0.4, -0.2) is 32.0 Å². The first kappa shape index (κ1) is 10.4. The van der Waals surface area contributed by atoms with Gasteiger partial charge >= 0.3 is 0 Å². The van der Waals surface area contributed by atoms with Gasteiger partial charge in [0.1, 0.15) is 0 Å². The zero-order valence-electron chi connectivity index (χ0n) is 5.02. The van der Waals surface area contributed by atoms with Crippen molar-refractivity contribution in [3.63, 3.8) is 0 Å². The zero-order chi connectivity index (χ0) is 5.54. The molecule has 4 heteroatoms. The van der Waals surface area contributed by atoms with Crippen molar-refractivity contribution in [1.82, 2.24) is 5.32 Å². The number of nitrogens with two attached hydrogens (primary N) is 1. The molecule has 0 saturated carbocycles. The van der Waals surface area contributed by atoms with Crippen LogP contribution in [0.1, 0.15) is 0 Å². The Balaban J connectivity index is 0. The molecule has 0 unspecified atom stereocenters. The Kier molecular flexibility index (Phi) is 12.5. The molecule has 0 saturated heterocycles. The quantitative estimate of drug-likeness (QED) is 0.401. The van der Waals surface area contributed by atoms with Gasteiger partial charge in [0, 0.05) is 6.54 Å². The number of hydrogen-bond acceptors (Lipinski definition) is 3. The first-order chi connectivity index (χ1) is 3.50. The fraction of sp³-hybridized carbons (Fsp3) is 0.750. The molecule has 1 aliphatic heterocycles. The van der Waals surface area contributed by atoms with E-state index in [0.29, 0.717) is 0 Å². The van der Waals surface area contributed by atoms with E-state index in [9.17, 15) is 0 Å². The minimum atomic E-state index is 0. The molecule has 0 amide bonds. The minimum Gasteiger partial charge on any atom is -0.412 e. The molecule has 1 rings (SSSR count). The van der Waals surface area contributed by atoms with Crippen LogP contribution in [0.15, 0.2) is 4.99 Å². The van der Waals surface area contributed by atoms with Crippen LogP contribution in [0.25, 0.3) is 0 Å².